The SMILES string of the molecule is CN(CC1CC1)c1ccc2c(c1)NC(=O)C2N. The third-order valence-corrected chi connectivity index (χ3v) is 3.58. The molecule has 1 fully saturated rings. The quantitative estimate of drug-likeness (QED) is 0.828. The Morgan fingerprint density at radius 2 is 2.24 bits per heavy atom. The van der Waals surface area contributed by atoms with E-state index in [1.807, 2.05) is 18.2 Å². The van der Waals surface area contributed by atoms with Crippen molar-refractivity contribution in [2.24, 2.45) is 11.7 Å². The molecule has 4 heteroatoms. The van der Waals surface area contributed by atoms with E-state index in [9.17, 15) is 4.79 Å². The smallest absolute Gasteiger partial charge is 0.245 e. The normalized spacial score (nSPS) is 22.2. The van der Waals surface area contributed by atoms with Gasteiger partial charge in [-0.3, -0.25) is 4.79 Å². The molecule has 0 spiro atoms. The lowest BCUT2D eigenvalue weighted by molar-refractivity contribution is -0.116. The zero-order valence-electron chi connectivity index (χ0n) is 9.94. The van der Waals surface area contributed by atoms with Gasteiger partial charge in [0.05, 0.1) is 0 Å². The van der Waals surface area contributed by atoms with Crippen LogP contribution in [0.2, 0.25) is 0 Å². The molecule has 1 aromatic rings. The molecule has 3 N–H and O–H groups in total. The van der Waals surface area contributed by atoms with Crippen LogP contribution in [0.1, 0.15) is 24.4 Å². The molecule has 1 atom stereocenters. The summed E-state index contributed by atoms with van der Waals surface area (Å²) in [6.45, 7) is 1.10. The van der Waals surface area contributed by atoms with Gasteiger partial charge in [0, 0.05) is 30.5 Å². The zero-order chi connectivity index (χ0) is 12.0. The minimum atomic E-state index is -0.507. The summed E-state index contributed by atoms with van der Waals surface area (Å²) < 4.78 is 0. The fraction of sp³-hybridized carbons (Fsp3) is 0.462. The van der Waals surface area contributed by atoms with Crippen LogP contribution in [0.5, 0.6) is 0 Å². The second-order valence-corrected chi connectivity index (χ2v) is 5.06. The number of fused-ring (bicyclic) bond motifs is 1. The van der Waals surface area contributed by atoms with Crippen molar-refractivity contribution in [3.63, 3.8) is 0 Å². The van der Waals surface area contributed by atoms with Crippen molar-refractivity contribution in [1.29, 1.82) is 0 Å². The van der Waals surface area contributed by atoms with Gasteiger partial charge in [-0.05, 0) is 30.9 Å². The molecular weight excluding hydrogens is 214 g/mol. The van der Waals surface area contributed by atoms with Gasteiger partial charge in [0.1, 0.15) is 6.04 Å². The fourth-order valence-corrected chi connectivity index (χ4v) is 2.31. The fourth-order valence-electron chi connectivity index (χ4n) is 2.31. The van der Waals surface area contributed by atoms with Crippen LogP contribution in [-0.4, -0.2) is 19.5 Å². The number of hydrogen-bond acceptors (Lipinski definition) is 3. The molecular formula is C13H17N3O. The van der Waals surface area contributed by atoms with E-state index in [1.165, 1.54) is 12.8 Å². The summed E-state index contributed by atoms with van der Waals surface area (Å²) in [4.78, 5) is 13.7. The third-order valence-electron chi connectivity index (χ3n) is 3.58. The molecule has 1 amide bonds. The molecule has 17 heavy (non-hydrogen) atoms. The first-order valence-corrected chi connectivity index (χ1v) is 6.06. The number of nitrogens with two attached hydrogens (primary N) is 1. The first kappa shape index (κ1) is 10.6. The molecule has 3 rings (SSSR count). The predicted octanol–water partition coefficient (Wildman–Crippen LogP) is 1.48. The second-order valence-electron chi connectivity index (χ2n) is 5.06. The van der Waals surface area contributed by atoms with Crippen LogP contribution in [0.15, 0.2) is 18.2 Å². The summed E-state index contributed by atoms with van der Waals surface area (Å²) in [7, 11) is 2.09. The number of hydrogen-bond donors (Lipinski definition) is 2. The minimum Gasteiger partial charge on any atom is -0.374 e. The monoisotopic (exact) mass is 231 g/mol. The Bertz CT molecular complexity index is 468. The van der Waals surface area contributed by atoms with Crippen molar-refractivity contribution < 1.29 is 4.79 Å². The van der Waals surface area contributed by atoms with Crippen molar-refractivity contribution in [3.8, 4) is 0 Å². The molecule has 1 saturated carbocycles. The predicted molar refractivity (Wildman–Crippen MR) is 68.0 cm³/mol. The largest absolute Gasteiger partial charge is 0.374 e. The summed E-state index contributed by atoms with van der Waals surface area (Å²) in [6, 6.07) is 5.51. The number of rotatable bonds is 3. The number of nitrogens with one attached hydrogen (secondary N) is 1. The van der Waals surface area contributed by atoms with E-state index in [4.69, 9.17) is 5.73 Å². The van der Waals surface area contributed by atoms with Gasteiger partial charge in [-0.1, -0.05) is 6.07 Å². The molecule has 4 nitrogen and oxygen atoms in total. The Kier molecular flexibility index (Phi) is 2.33. The van der Waals surface area contributed by atoms with Crippen LogP contribution in [0.4, 0.5) is 11.4 Å². The van der Waals surface area contributed by atoms with Gasteiger partial charge in [-0.2, -0.15) is 0 Å². The van der Waals surface area contributed by atoms with Gasteiger partial charge in [0.2, 0.25) is 5.91 Å². The highest BCUT2D eigenvalue weighted by molar-refractivity contribution is 6.02. The van der Waals surface area contributed by atoms with Crippen molar-refractivity contribution in [3.05, 3.63) is 23.8 Å². The van der Waals surface area contributed by atoms with Gasteiger partial charge in [-0.15, -0.1) is 0 Å². The molecule has 2 aliphatic rings. The molecule has 1 aliphatic carbocycles. The number of carbonyl (C=O) groups excluding carboxylic acids is 1. The highest BCUT2D eigenvalue weighted by atomic mass is 16.2. The van der Waals surface area contributed by atoms with Crippen LogP contribution < -0.4 is 16.0 Å². The Balaban J connectivity index is 1.83. The van der Waals surface area contributed by atoms with Crippen LogP contribution >= 0.6 is 0 Å². The number of amides is 1. The Morgan fingerprint density at radius 3 is 2.94 bits per heavy atom. The molecule has 0 saturated heterocycles. The van der Waals surface area contributed by atoms with E-state index in [-0.39, 0.29) is 5.91 Å². The van der Waals surface area contributed by atoms with E-state index in [1.54, 1.807) is 0 Å². The van der Waals surface area contributed by atoms with E-state index < -0.39 is 6.04 Å². The number of anilines is 2. The summed E-state index contributed by atoms with van der Waals surface area (Å²) in [5.74, 6) is 0.743. The minimum absolute atomic E-state index is 0.109. The molecule has 1 aliphatic heterocycles. The molecule has 90 valence electrons. The lowest BCUT2D eigenvalue weighted by Gasteiger charge is -2.19. The summed E-state index contributed by atoms with van der Waals surface area (Å²) in [5.41, 5.74) is 8.69. The van der Waals surface area contributed by atoms with Crippen molar-refractivity contribution in [2.45, 2.75) is 18.9 Å². The molecule has 0 aromatic heterocycles. The van der Waals surface area contributed by atoms with Crippen LogP contribution in [0, 0.1) is 5.92 Å². The second kappa shape index (κ2) is 3.74. The maximum Gasteiger partial charge on any atom is 0.245 e. The summed E-state index contributed by atoms with van der Waals surface area (Å²) in [5, 5.41) is 2.82. The third kappa shape index (κ3) is 1.89. The number of carbonyl (C=O) groups is 1. The maximum atomic E-state index is 11.5. The van der Waals surface area contributed by atoms with Gasteiger partial charge < -0.3 is 16.0 Å². The van der Waals surface area contributed by atoms with Crippen LogP contribution in [0.25, 0.3) is 0 Å². The molecule has 0 bridgehead atoms. The Hall–Kier alpha value is -1.55. The van der Waals surface area contributed by atoms with Crippen molar-refractivity contribution >= 4 is 17.3 Å². The molecule has 1 aromatic carbocycles. The van der Waals surface area contributed by atoms with Gasteiger partial charge in [0.25, 0.3) is 0 Å². The van der Waals surface area contributed by atoms with Gasteiger partial charge >= 0.3 is 0 Å². The van der Waals surface area contributed by atoms with Gasteiger partial charge in [0.15, 0.2) is 0 Å². The lowest BCUT2D eigenvalue weighted by Crippen LogP contribution is -2.19. The summed E-state index contributed by atoms with van der Waals surface area (Å²) in [6.07, 6.45) is 2.69. The highest BCUT2D eigenvalue weighted by Gasteiger charge is 2.28. The maximum absolute atomic E-state index is 11.5. The number of nitrogens with zero attached hydrogens (tertiary/aromatic N) is 1. The number of benzene rings is 1. The van der Waals surface area contributed by atoms with Crippen molar-refractivity contribution in [2.75, 3.05) is 23.8 Å². The standard InChI is InChI=1S/C13H17N3O/c1-16(7-8-2-3-8)9-4-5-10-11(6-9)15-13(17)12(10)14/h4-6,8,12H,2-3,7,14H2,1H3,(H,15,17). The van der Waals surface area contributed by atoms with E-state index in [0.29, 0.717) is 0 Å². The van der Waals surface area contributed by atoms with Crippen LogP contribution in [-0.2, 0) is 4.79 Å². The zero-order valence-corrected chi connectivity index (χ0v) is 9.94. The van der Waals surface area contributed by atoms with E-state index in [0.717, 1.165) is 29.4 Å². The molecule has 1 heterocycles. The summed E-state index contributed by atoms with van der Waals surface area (Å²) >= 11 is 0. The Labute approximate surface area is 101 Å². The lowest BCUT2D eigenvalue weighted by atomic mass is 10.1. The van der Waals surface area contributed by atoms with E-state index >= 15 is 0 Å². The van der Waals surface area contributed by atoms with E-state index in [2.05, 4.69) is 17.3 Å². The van der Waals surface area contributed by atoms with Crippen molar-refractivity contribution in [1.82, 2.24) is 0 Å². The van der Waals surface area contributed by atoms with Crippen LogP contribution in [0.3, 0.4) is 0 Å². The average molecular weight is 231 g/mol. The highest BCUT2D eigenvalue weighted by Crippen LogP contribution is 2.34. The topological polar surface area (TPSA) is 58.4 Å². The molecule has 1 unspecified atom stereocenters. The van der Waals surface area contributed by atoms with Gasteiger partial charge in [-0.25, -0.2) is 0 Å². The first-order chi connectivity index (χ1) is 8.15. The Morgan fingerprint density at radius 1 is 1.47 bits per heavy atom. The molecule has 0 radical (unpaired) electrons. The first-order valence-electron chi connectivity index (χ1n) is 6.06. The average Bonchev–Trinajstić information content (AvgIpc) is 3.07.